The van der Waals surface area contributed by atoms with E-state index in [1.807, 2.05) is 13.0 Å². The third-order valence-corrected chi connectivity index (χ3v) is 3.70. The first kappa shape index (κ1) is 14.5. The Kier molecular flexibility index (Phi) is 4.68. The average Bonchev–Trinajstić information content (AvgIpc) is 2.49. The van der Waals surface area contributed by atoms with Crippen LogP contribution in [0.25, 0.3) is 0 Å². The minimum Gasteiger partial charge on any atom is -0.297 e. The van der Waals surface area contributed by atoms with Crippen molar-refractivity contribution in [3.05, 3.63) is 35.1 Å². The van der Waals surface area contributed by atoms with E-state index in [2.05, 4.69) is 15.9 Å². The Balaban J connectivity index is 1.93. The fraction of sp³-hybridized carbons (Fsp3) is 0.467. The predicted octanol–water partition coefficient (Wildman–Crippen LogP) is 1.73. The van der Waals surface area contributed by atoms with Gasteiger partial charge in [0, 0.05) is 32.7 Å². The summed E-state index contributed by atoms with van der Waals surface area (Å²) in [6.45, 7) is 6.11. The van der Waals surface area contributed by atoms with Crippen molar-refractivity contribution in [1.29, 1.82) is 10.5 Å². The van der Waals surface area contributed by atoms with Crippen molar-refractivity contribution < 1.29 is 4.39 Å². The first-order valence-corrected chi connectivity index (χ1v) is 6.68. The van der Waals surface area contributed by atoms with Crippen LogP contribution in [0.4, 0.5) is 4.39 Å². The first-order valence-electron chi connectivity index (χ1n) is 6.68. The van der Waals surface area contributed by atoms with E-state index in [9.17, 15) is 4.39 Å². The number of hydrogen-bond acceptors (Lipinski definition) is 4. The molecule has 0 spiro atoms. The normalized spacial score (nSPS) is 18.2. The van der Waals surface area contributed by atoms with Crippen LogP contribution in [0.3, 0.4) is 0 Å². The summed E-state index contributed by atoms with van der Waals surface area (Å²) in [5, 5.41) is 17.7. The van der Waals surface area contributed by atoms with Gasteiger partial charge in [0.25, 0.3) is 0 Å². The van der Waals surface area contributed by atoms with Gasteiger partial charge in [-0.25, -0.2) is 4.39 Å². The summed E-state index contributed by atoms with van der Waals surface area (Å²) in [7, 11) is 0. The highest BCUT2D eigenvalue weighted by atomic mass is 19.1. The van der Waals surface area contributed by atoms with E-state index in [0.29, 0.717) is 6.54 Å². The molecule has 1 heterocycles. The summed E-state index contributed by atoms with van der Waals surface area (Å²) in [6, 6.07) is 8.75. The molecule has 1 saturated heterocycles. The summed E-state index contributed by atoms with van der Waals surface area (Å²) in [4.78, 5) is 4.41. The maximum absolute atomic E-state index is 13.3. The summed E-state index contributed by atoms with van der Waals surface area (Å²) >= 11 is 0. The van der Waals surface area contributed by atoms with Crippen LogP contribution in [0, 0.1) is 28.5 Å². The zero-order chi connectivity index (χ0) is 14.5. The molecule has 1 fully saturated rings. The lowest BCUT2D eigenvalue weighted by atomic mass is 10.1. The molecule has 0 N–H and O–H groups in total. The van der Waals surface area contributed by atoms with Crippen molar-refractivity contribution in [2.45, 2.75) is 19.5 Å². The van der Waals surface area contributed by atoms with Gasteiger partial charge in [0.05, 0.1) is 17.7 Å². The number of piperazine rings is 1. The van der Waals surface area contributed by atoms with Crippen molar-refractivity contribution in [2.24, 2.45) is 0 Å². The third kappa shape index (κ3) is 3.33. The molecule has 1 atom stereocenters. The fourth-order valence-corrected chi connectivity index (χ4v) is 2.41. The largest absolute Gasteiger partial charge is 0.297 e. The lowest BCUT2D eigenvalue weighted by Crippen LogP contribution is -2.48. The van der Waals surface area contributed by atoms with Gasteiger partial charge < -0.3 is 0 Å². The van der Waals surface area contributed by atoms with E-state index in [0.717, 1.165) is 31.7 Å². The van der Waals surface area contributed by atoms with E-state index < -0.39 is 5.82 Å². The molecule has 0 amide bonds. The SMILES string of the molecule is CC(C#N)N1CCN(Cc2ccc(F)c(C#N)c2)CC1. The Bertz CT molecular complexity index is 550. The molecule has 5 heteroatoms. The van der Waals surface area contributed by atoms with E-state index in [1.54, 1.807) is 12.1 Å². The van der Waals surface area contributed by atoms with Gasteiger partial charge >= 0.3 is 0 Å². The molecule has 104 valence electrons. The molecule has 1 aromatic carbocycles. The minimum atomic E-state index is -0.469. The molecule has 0 saturated carbocycles. The minimum absolute atomic E-state index is 0.0480. The Labute approximate surface area is 118 Å². The molecule has 0 bridgehead atoms. The molecule has 1 aliphatic heterocycles. The quantitative estimate of drug-likeness (QED) is 0.841. The van der Waals surface area contributed by atoms with Gasteiger partial charge in [-0.3, -0.25) is 9.80 Å². The van der Waals surface area contributed by atoms with Crippen LogP contribution in [-0.4, -0.2) is 42.0 Å². The van der Waals surface area contributed by atoms with Crippen molar-refractivity contribution in [2.75, 3.05) is 26.2 Å². The average molecular weight is 272 g/mol. The topological polar surface area (TPSA) is 54.1 Å². The van der Waals surface area contributed by atoms with Crippen molar-refractivity contribution in [1.82, 2.24) is 9.80 Å². The lowest BCUT2D eigenvalue weighted by Gasteiger charge is -2.35. The number of benzene rings is 1. The molecule has 0 aliphatic carbocycles. The Morgan fingerprint density at radius 3 is 2.55 bits per heavy atom. The van der Waals surface area contributed by atoms with Gasteiger partial charge in [-0.15, -0.1) is 0 Å². The molecule has 0 radical (unpaired) electrons. The standard InChI is InChI=1S/C15H17FN4/c1-12(9-17)20-6-4-19(5-7-20)11-13-2-3-15(16)14(8-13)10-18/h2-3,8,12H,4-7,11H2,1H3. The van der Waals surface area contributed by atoms with E-state index in [1.165, 1.54) is 6.07 Å². The van der Waals surface area contributed by atoms with Crippen LogP contribution in [0.2, 0.25) is 0 Å². The maximum Gasteiger partial charge on any atom is 0.140 e. The van der Waals surface area contributed by atoms with Crippen LogP contribution in [-0.2, 0) is 6.54 Å². The maximum atomic E-state index is 13.3. The van der Waals surface area contributed by atoms with Crippen LogP contribution in [0.1, 0.15) is 18.1 Å². The Morgan fingerprint density at radius 2 is 1.95 bits per heavy atom. The van der Waals surface area contributed by atoms with Gasteiger partial charge in [-0.05, 0) is 24.6 Å². The second kappa shape index (κ2) is 6.47. The molecule has 1 aliphatic rings. The highest BCUT2D eigenvalue weighted by molar-refractivity contribution is 5.34. The van der Waals surface area contributed by atoms with Crippen molar-refractivity contribution >= 4 is 0 Å². The number of halogens is 1. The lowest BCUT2D eigenvalue weighted by molar-refractivity contribution is 0.114. The Morgan fingerprint density at radius 1 is 1.25 bits per heavy atom. The molecule has 2 rings (SSSR count). The van der Waals surface area contributed by atoms with E-state index in [4.69, 9.17) is 10.5 Å². The molecular weight excluding hydrogens is 255 g/mol. The molecular formula is C15H17FN4. The van der Waals surface area contributed by atoms with Gasteiger partial charge in [0.15, 0.2) is 0 Å². The van der Waals surface area contributed by atoms with Crippen LogP contribution in [0.5, 0.6) is 0 Å². The predicted molar refractivity (Wildman–Crippen MR) is 73.0 cm³/mol. The number of hydrogen-bond donors (Lipinski definition) is 0. The van der Waals surface area contributed by atoms with Gasteiger partial charge in [0.1, 0.15) is 11.9 Å². The number of nitrogens with zero attached hydrogens (tertiary/aromatic N) is 4. The summed E-state index contributed by atoms with van der Waals surface area (Å²) in [5.41, 5.74) is 1.05. The molecule has 1 aromatic rings. The zero-order valence-electron chi connectivity index (χ0n) is 11.5. The second-order valence-corrected chi connectivity index (χ2v) is 5.04. The van der Waals surface area contributed by atoms with Gasteiger partial charge in [-0.2, -0.15) is 10.5 Å². The number of rotatable bonds is 3. The third-order valence-electron chi connectivity index (χ3n) is 3.70. The van der Waals surface area contributed by atoms with Crippen molar-refractivity contribution in [3.8, 4) is 12.1 Å². The highest BCUT2D eigenvalue weighted by Crippen LogP contribution is 2.14. The van der Waals surface area contributed by atoms with Crippen LogP contribution >= 0.6 is 0 Å². The number of nitriles is 2. The second-order valence-electron chi connectivity index (χ2n) is 5.04. The zero-order valence-corrected chi connectivity index (χ0v) is 11.5. The van der Waals surface area contributed by atoms with Gasteiger partial charge in [-0.1, -0.05) is 6.07 Å². The van der Waals surface area contributed by atoms with Crippen LogP contribution in [0.15, 0.2) is 18.2 Å². The first-order chi connectivity index (χ1) is 9.63. The van der Waals surface area contributed by atoms with Crippen molar-refractivity contribution in [3.63, 3.8) is 0 Å². The molecule has 0 aromatic heterocycles. The van der Waals surface area contributed by atoms with E-state index >= 15 is 0 Å². The van der Waals surface area contributed by atoms with Crippen LogP contribution < -0.4 is 0 Å². The van der Waals surface area contributed by atoms with Gasteiger partial charge in [0.2, 0.25) is 0 Å². The molecule has 4 nitrogen and oxygen atoms in total. The highest BCUT2D eigenvalue weighted by Gasteiger charge is 2.20. The monoisotopic (exact) mass is 272 g/mol. The smallest absolute Gasteiger partial charge is 0.140 e. The summed E-state index contributed by atoms with van der Waals surface area (Å²) in [5.74, 6) is -0.469. The summed E-state index contributed by atoms with van der Waals surface area (Å²) in [6.07, 6.45) is 0. The Hall–Kier alpha value is -1.95. The molecule has 20 heavy (non-hydrogen) atoms. The molecule has 1 unspecified atom stereocenters. The summed E-state index contributed by atoms with van der Waals surface area (Å²) < 4.78 is 13.3. The van der Waals surface area contributed by atoms with E-state index in [-0.39, 0.29) is 11.6 Å². The fourth-order valence-electron chi connectivity index (χ4n) is 2.41.